The predicted octanol–water partition coefficient (Wildman–Crippen LogP) is 3.53. The number of halogens is 1. The van der Waals surface area contributed by atoms with Gasteiger partial charge in [0.1, 0.15) is 0 Å². The van der Waals surface area contributed by atoms with Crippen LogP contribution in [0, 0.1) is 0 Å². The molecule has 0 atom stereocenters. The van der Waals surface area contributed by atoms with Crippen LogP contribution in [0.1, 0.15) is 31.2 Å². The minimum atomic E-state index is 0.0626. The van der Waals surface area contributed by atoms with Crippen LogP contribution in [0.5, 0.6) is 0 Å². The van der Waals surface area contributed by atoms with Crippen molar-refractivity contribution in [2.45, 2.75) is 32.2 Å². The summed E-state index contributed by atoms with van der Waals surface area (Å²) in [5.41, 5.74) is 1.11. The Morgan fingerprint density at radius 2 is 1.83 bits per heavy atom. The second-order valence-electron chi connectivity index (χ2n) is 4.65. The second kappa shape index (κ2) is 6.78. The quantitative estimate of drug-likeness (QED) is 0.890. The van der Waals surface area contributed by atoms with Crippen LogP contribution in [0.3, 0.4) is 0 Å². The van der Waals surface area contributed by atoms with Gasteiger partial charge < -0.3 is 10.2 Å². The molecule has 0 bridgehead atoms. The van der Waals surface area contributed by atoms with Gasteiger partial charge in [-0.15, -0.1) is 0 Å². The van der Waals surface area contributed by atoms with E-state index in [2.05, 4.69) is 21.2 Å². The molecule has 0 aliphatic carbocycles. The number of benzene rings is 1. The molecule has 0 saturated carbocycles. The van der Waals surface area contributed by atoms with E-state index in [1.807, 2.05) is 29.2 Å². The van der Waals surface area contributed by atoms with E-state index < -0.39 is 0 Å². The third-order valence-corrected chi connectivity index (χ3v) is 4.05. The largest absolute Gasteiger partial charge is 0.334 e. The van der Waals surface area contributed by atoms with E-state index in [0.717, 1.165) is 36.0 Å². The minimum absolute atomic E-state index is 0.0626. The summed E-state index contributed by atoms with van der Waals surface area (Å²) in [5.74, 6) is 0. The van der Waals surface area contributed by atoms with Gasteiger partial charge >= 0.3 is 6.03 Å². The molecule has 4 heteroatoms. The molecule has 1 aliphatic rings. The van der Waals surface area contributed by atoms with Crippen LogP contribution >= 0.6 is 15.9 Å². The Labute approximate surface area is 117 Å². The van der Waals surface area contributed by atoms with E-state index in [9.17, 15) is 4.79 Å². The van der Waals surface area contributed by atoms with Gasteiger partial charge in [0.25, 0.3) is 0 Å². The van der Waals surface area contributed by atoms with Crippen LogP contribution in [0.4, 0.5) is 4.79 Å². The number of likely N-dealkylation sites (tertiary alicyclic amines) is 1. The van der Waals surface area contributed by atoms with Crippen molar-refractivity contribution in [1.82, 2.24) is 10.2 Å². The maximum Gasteiger partial charge on any atom is 0.317 e. The molecule has 98 valence electrons. The van der Waals surface area contributed by atoms with E-state index in [1.165, 1.54) is 12.8 Å². The van der Waals surface area contributed by atoms with Crippen molar-refractivity contribution in [2.24, 2.45) is 0 Å². The highest BCUT2D eigenvalue weighted by Gasteiger charge is 2.14. The van der Waals surface area contributed by atoms with Crippen LogP contribution in [0.2, 0.25) is 0 Å². The number of carbonyl (C=O) groups excluding carboxylic acids is 1. The van der Waals surface area contributed by atoms with Gasteiger partial charge in [-0.25, -0.2) is 4.79 Å². The molecule has 0 spiro atoms. The zero-order valence-corrected chi connectivity index (χ0v) is 12.1. The highest BCUT2D eigenvalue weighted by atomic mass is 79.9. The third-order valence-electron chi connectivity index (χ3n) is 3.28. The van der Waals surface area contributed by atoms with Crippen molar-refractivity contribution < 1.29 is 4.79 Å². The molecule has 0 radical (unpaired) electrons. The zero-order chi connectivity index (χ0) is 12.8. The first kappa shape index (κ1) is 13.4. The Morgan fingerprint density at radius 3 is 2.50 bits per heavy atom. The average molecular weight is 311 g/mol. The molecule has 3 nitrogen and oxygen atoms in total. The molecule has 18 heavy (non-hydrogen) atoms. The van der Waals surface area contributed by atoms with Gasteiger partial charge in [0.05, 0.1) is 0 Å². The summed E-state index contributed by atoms with van der Waals surface area (Å²) in [6.07, 6.45) is 4.74. The highest BCUT2D eigenvalue weighted by molar-refractivity contribution is 9.10. The summed E-state index contributed by atoms with van der Waals surface area (Å²) in [6, 6.07) is 8.04. The summed E-state index contributed by atoms with van der Waals surface area (Å²) >= 11 is 3.49. The molecule has 1 heterocycles. The Hall–Kier alpha value is -1.03. The van der Waals surface area contributed by atoms with E-state index >= 15 is 0 Å². The van der Waals surface area contributed by atoms with E-state index in [-0.39, 0.29) is 6.03 Å². The van der Waals surface area contributed by atoms with Crippen molar-refractivity contribution in [2.75, 3.05) is 13.1 Å². The number of nitrogens with zero attached hydrogens (tertiary/aromatic N) is 1. The van der Waals surface area contributed by atoms with Gasteiger partial charge in [0.15, 0.2) is 0 Å². The summed E-state index contributed by atoms with van der Waals surface area (Å²) < 4.78 is 1.04. The van der Waals surface area contributed by atoms with Gasteiger partial charge in [-0.1, -0.05) is 47.0 Å². The standard InChI is InChI=1S/C14H19BrN2O/c15-13-8-4-3-7-12(13)11-16-14(18)17-9-5-1-2-6-10-17/h3-4,7-8H,1-2,5-6,9-11H2,(H,16,18). The summed E-state index contributed by atoms with van der Waals surface area (Å²) in [5, 5.41) is 2.99. The van der Waals surface area contributed by atoms with Gasteiger partial charge in [-0.2, -0.15) is 0 Å². The number of amides is 2. The Bertz CT molecular complexity index is 401. The van der Waals surface area contributed by atoms with Crippen molar-refractivity contribution in [3.05, 3.63) is 34.3 Å². The lowest BCUT2D eigenvalue weighted by molar-refractivity contribution is 0.199. The number of nitrogens with one attached hydrogen (secondary N) is 1. The van der Waals surface area contributed by atoms with Crippen LogP contribution in [-0.4, -0.2) is 24.0 Å². The molecule has 1 N–H and O–H groups in total. The van der Waals surface area contributed by atoms with Gasteiger partial charge in [-0.3, -0.25) is 0 Å². The van der Waals surface area contributed by atoms with E-state index in [4.69, 9.17) is 0 Å². The third kappa shape index (κ3) is 3.73. The molecule has 1 aliphatic heterocycles. The van der Waals surface area contributed by atoms with E-state index in [1.54, 1.807) is 0 Å². The molecular formula is C14H19BrN2O. The smallest absolute Gasteiger partial charge is 0.317 e. The first-order chi connectivity index (χ1) is 8.77. The number of urea groups is 1. The number of carbonyl (C=O) groups is 1. The molecule has 1 fully saturated rings. The molecule has 2 rings (SSSR count). The van der Waals surface area contributed by atoms with Crippen LogP contribution < -0.4 is 5.32 Å². The first-order valence-corrected chi connectivity index (χ1v) is 7.33. The van der Waals surface area contributed by atoms with Gasteiger partial charge in [0.2, 0.25) is 0 Å². The Morgan fingerprint density at radius 1 is 1.17 bits per heavy atom. The Kier molecular flexibility index (Phi) is 5.05. The van der Waals surface area contributed by atoms with Crippen LogP contribution in [0.15, 0.2) is 28.7 Å². The lowest BCUT2D eigenvalue weighted by Crippen LogP contribution is -2.40. The zero-order valence-electron chi connectivity index (χ0n) is 10.5. The molecule has 1 saturated heterocycles. The van der Waals surface area contributed by atoms with E-state index in [0.29, 0.717) is 6.54 Å². The van der Waals surface area contributed by atoms with Crippen LogP contribution in [-0.2, 0) is 6.54 Å². The van der Waals surface area contributed by atoms with Crippen molar-refractivity contribution in [3.8, 4) is 0 Å². The number of hydrogen-bond acceptors (Lipinski definition) is 1. The SMILES string of the molecule is O=C(NCc1ccccc1Br)N1CCCCCC1. The molecule has 0 unspecified atom stereocenters. The fraction of sp³-hybridized carbons (Fsp3) is 0.500. The normalized spacial score (nSPS) is 16.2. The number of hydrogen-bond donors (Lipinski definition) is 1. The van der Waals surface area contributed by atoms with Gasteiger partial charge in [0, 0.05) is 24.1 Å². The van der Waals surface area contributed by atoms with Crippen LogP contribution in [0.25, 0.3) is 0 Å². The average Bonchev–Trinajstić information content (AvgIpc) is 2.66. The van der Waals surface area contributed by atoms with Crippen molar-refractivity contribution in [3.63, 3.8) is 0 Å². The van der Waals surface area contributed by atoms with Crippen molar-refractivity contribution >= 4 is 22.0 Å². The molecular weight excluding hydrogens is 292 g/mol. The fourth-order valence-corrected chi connectivity index (χ4v) is 2.62. The fourth-order valence-electron chi connectivity index (χ4n) is 2.20. The Balaban J connectivity index is 1.86. The summed E-state index contributed by atoms with van der Waals surface area (Å²) in [7, 11) is 0. The molecule has 1 aromatic carbocycles. The predicted molar refractivity (Wildman–Crippen MR) is 76.4 cm³/mol. The maximum atomic E-state index is 12.0. The van der Waals surface area contributed by atoms with Crippen molar-refractivity contribution in [1.29, 1.82) is 0 Å². The lowest BCUT2D eigenvalue weighted by atomic mass is 10.2. The lowest BCUT2D eigenvalue weighted by Gasteiger charge is -2.21. The summed E-state index contributed by atoms with van der Waals surface area (Å²) in [6.45, 7) is 2.36. The monoisotopic (exact) mass is 310 g/mol. The maximum absolute atomic E-state index is 12.0. The topological polar surface area (TPSA) is 32.3 Å². The molecule has 0 aromatic heterocycles. The van der Waals surface area contributed by atoms with Gasteiger partial charge in [-0.05, 0) is 24.5 Å². The minimum Gasteiger partial charge on any atom is -0.334 e. The number of rotatable bonds is 2. The highest BCUT2D eigenvalue weighted by Crippen LogP contribution is 2.15. The summed E-state index contributed by atoms with van der Waals surface area (Å²) in [4.78, 5) is 14.0. The first-order valence-electron chi connectivity index (χ1n) is 6.53. The second-order valence-corrected chi connectivity index (χ2v) is 5.51. The molecule has 2 amide bonds. The molecule has 1 aromatic rings.